The molecule has 24 heavy (non-hydrogen) atoms. The van der Waals surface area contributed by atoms with Gasteiger partial charge in [0.1, 0.15) is 5.69 Å². The fourth-order valence-electron chi connectivity index (χ4n) is 1.97. The summed E-state index contributed by atoms with van der Waals surface area (Å²) in [6.07, 6.45) is 2.91. The molecule has 124 valence electrons. The Morgan fingerprint density at radius 2 is 1.88 bits per heavy atom. The Bertz CT molecular complexity index is 753. The van der Waals surface area contributed by atoms with Crippen LogP contribution in [0, 0.1) is 0 Å². The molecule has 0 aliphatic carbocycles. The molecule has 0 spiro atoms. The number of ether oxygens (including phenoxy) is 1. The second-order valence-electron chi connectivity index (χ2n) is 4.80. The van der Waals surface area contributed by atoms with E-state index in [1.807, 2.05) is 24.3 Å². The zero-order valence-corrected chi connectivity index (χ0v) is 13.4. The Hall–Kier alpha value is -2.46. The Labute approximate surface area is 141 Å². The van der Waals surface area contributed by atoms with Crippen molar-refractivity contribution in [2.45, 2.75) is 19.8 Å². The zero-order valence-electron chi connectivity index (χ0n) is 12.6. The molecular weight excluding hydrogens is 333 g/mol. The van der Waals surface area contributed by atoms with Crippen molar-refractivity contribution in [2.24, 2.45) is 0 Å². The highest BCUT2D eigenvalue weighted by Gasteiger charge is 2.04. The van der Waals surface area contributed by atoms with Gasteiger partial charge >= 0.3 is 0 Å². The van der Waals surface area contributed by atoms with E-state index in [1.54, 1.807) is 6.20 Å². The van der Waals surface area contributed by atoms with Crippen LogP contribution in [0.25, 0.3) is 11.4 Å². The van der Waals surface area contributed by atoms with Gasteiger partial charge in [0.05, 0.1) is 26.0 Å². The second kappa shape index (κ2) is 8.41. The summed E-state index contributed by atoms with van der Waals surface area (Å²) < 4.78 is 17.6. The van der Waals surface area contributed by atoms with Crippen molar-refractivity contribution < 1.29 is 8.62 Å². The molecule has 0 bridgehead atoms. The average molecular weight is 347 g/mol. The van der Waals surface area contributed by atoms with E-state index in [4.69, 9.17) is 4.74 Å². The van der Waals surface area contributed by atoms with Crippen molar-refractivity contribution >= 4 is 12.1 Å². The summed E-state index contributed by atoms with van der Waals surface area (Å²) >= 11 is 0.272. The van der Waals surface area contributed by atoms with Crippen LogP contribution in [-0.2, 0) is 24.5 Å². The van der Waals surface area contributed by atoms with Gasteiger partial charge in [0.25, 0.3) is 0 Å². The number of aryl methyl sites for hydroxylation is 1. The molecule has 0 saturated heterocycles. The summed E-state index contributed by atoms with van der Waals surface area (Å²) in [5, 5.41) is 23.5. The van der Waals surface area contributed by atoms with E-state index in [2.05, 4.69) is 30.6 Å². The van der Waals surface area contributed by atoms with Crippen LogP contribution >= 0.6 is 12.1 Å². The first-order valence-electron chi connectivity index (χ1n) is 7.15. The number of nitrogens with zero attached hydrogens (tertiary/aromatic N) is 7. The highest BCUT2D eigenvalue weighted by atomic mass is 32.2. The van der Waals surface area contributed by atoms with Gasteiger partial charge in [0.2, 0.25) is 5.82 Å². The summed E-state index contributed by atoms with van der Waals surface area (Å²) in [4.78, 5) is 1.46. The summed E-state index contributed by atoms with van der Waals surface area (Å²) in [6.45, 7) is 1.23. The van der Waals surface area contributed by atoms with Crippen molar-refractivity contribution in [1.82, 2.24) is 35.4 Å². The fourth-order valence-corrected chi connectivity index (χ4v) is 2.20. The predicted octanol–water partition coefficient (Wildman–Crippen LogP) is 1.86. The Balaban J connectivity index is 1.49. The SMILES string of the molecule is FSCCn1ncc(COCc2ccc(-c3nncnn3)cc2)n1. The second-order valence-corrected chi connectivity index (χ2v) is 5.43. The molecule has 1 aromatic carbocycles. The molecule has 0 unspecified atom stereocenters. The summed E-state index contributed by atoms with van der Waals surface area (Å²) in [6, 6.07) is 7.65. The van der Waals surface area contributed by atoms with Crippen molar-refractivity contribution in [3.63, 3.8) is 0 Å². The average Bonchev–Trinajstić information content (AvgIpc) is 3.09. The van der Waals surface area contributed by atoms with Crippen LogP contribution in [0.15, 0.2) is 36.8 Å². The van der Waals surface area contributed by atoms with Crippen LogP contribution in [0.5, 0.6) is 0 Å². The molecule has 0 aliphatic rings. The quantitative estimate of drug-likeness (QED) is 0.610. The predicted molar refractivity (Wildman–Crippen MR) is 85.1 cm³/mol. The number of hydrogen-bond acceptors (Lipinski definition) is 8. The zero-order chi connectivity index (χ0) is 16.6. The van der Waals surface area contributed by atoms with Crippen LogP contribution in [-0.4, -0.2) is 41.1 Å². The normalized spacial score (nSPS) is 10.9. The Morgan fingerprint density at radius 1 is 1.08 bits per heavy atom. The standard InChI is InChI=1S/C14H14FN7OS/c15-24-6-5-22-18-7-13(21-22)9-23-8-11-1-3-12(4-2-11)14-19-16-10-17-20-14/h1-4,7,10H,5-6,8-9H2. The fraction of sp³-hybridized carbons (Fsp3) is 0.286. The first-order chi connectivity index (χ1) is 11.8. The van der Waals surface area contributed by atoms with Gasteiger partial charge in [-0.3, -0.25) is 0 Å². The van der Waals surface area contributed by atoms with Gasteiger partial charge in [-0.1, -0.05) is 24.3 Å². The first kappa shape index (κ1) is 16.4. The highest BCUT2D eigenvalue weighted by Crippen LogP contribution is 2.14. The van der Waals surface area contributed by atoms with E-state index < -0.39 is 0 Å². The maximum atomic E-state index is 12.0. The van der Waals surface area contributed by atoms with Crippen LogP contribution in [0.3, 0.4) is 0 Å². The molecule has 8 nitrogen and oxygen atoms in total. The minimum Gasteiger partial charge on any atom is -0.370 e. The molecule has 3 aromatic rings. The number of halogens is 1. The van der Waals surface area contributed by atoms with Gasteiger partial charge in [0, 0.05) is 23.5 Å². The van der Waals surface area contributed by atoms with Crippen LogP contribution in [0.1, 0.15) is 11.3 Å². The first-order valence-corrected chi connectivity index (χ1v) is 8.04. The third-order valence-electron chi connectivity index (χ3n) is 3.09. The van der Waals surface area contributed by atoms with Crippen molar-refractivity contribution in [3.05, 3.63) is 48.0 Å². The lowest BCUT2D eigenvalue weighted by Gasteiger charge is -2.03. The van der Waals surface area contributed by atoms with Crippen LogP contribution < -0.4 is 0 Å². The minimum absolute atomic E-state index is 0.272. The summed E-state index contributed by atoms with van der Waals surface area (Å²) in [5.74, 6) is 0.811. The third kappa shape index (κ3) is 4.52. The molecule has 2 heterocycles. The number of aromatic nitrogens is 7. The molecular formula is C14H14FN7OS. The van der Waals surface area contributed by atoms with E-state index in [0.717, 1.165) is 11.1 Å². The van der Waals surface area contributed by atoms with Crippen LogP contribution in [0.4, 0.5) is 3.89 Å². The molecule has 0 N–H and O–H groups in total. The van der Waals surface area contributed by atoms with E-state index in [1.165, 1.54) is 11.1 Å². The van der Waals surface area contributed by atoms with E-state index in [-0.39, 0.29) is 12.1 Å². The largest absolute Gasteiger partial charge is 0.370 e. The Kier molecular flexibility index (Phi) is 5.75. The van der Waals surface area contributed by atoms with Crippen molar-refractivity contribution in [3.8, 4) is 11.4 Å². The lowest BCUT2D eigenvalue weighted by molar-refractivity contribution is 0.104. The van der Waals surface area contributed by atoms with Crippen molar-refractivity contribution in [1.29, 1.82) is 0 Å². The molecule has 0 atom stereocenters. The van der Waals surface area contributed by atoms with Gasteiger partial charge < -0.3 is 4.74 Å². The lowest BCUT2D eigenvalue weighted by Crippen LogP contribution is -2.04. The van der Waals surface area contributed by atoms with Gasteiger partial charge in [-0.15, -0.1) is 20.4 Å². The summed E-state index contributed by atoms with van der Waals surface area (Å²) in [7, 11) is 0. The smallest absolute Gasteiger partial charge is 0.203 e. The van der Waals surface area contributed by atoms with E-state index >= 15 is 0 Å². The summed E-state index contributed by atoms with van der Waals surface area (Å²) in [5.41, 5.74) is 2.56. The third-order valence-corrected chi connectivity index (χ3v) is 3.43. The molecule has 10 heteroatoms. The van der Waals surface area contributed by atoms with E-state index in [0.29, 0.717) is 37.0 Å². The van der Waals surface area contributed by atoms with Gasteiger partial charge in [-0.2, -0.15) is 18.9 Å². The number of hydrogen-bond donors (Lipinski definition) is 0. The molecule has 0 fully saturated rings. The molecule has 0 radical (unpaired) electrons. The van der Waals surface area contributed by atoms with Crippen molar-refractivity contribution in [2.75, 3.05) is 5.75 Å². The highest BCUT2D eigenvalue weighted by molar-refractivity contribution is 7.94. The topological polar surface area (TPSA) is 91.5 Å². The van der Waals surface area contributed by atoms with Gasteiger partial charge in [0.15, 0.2) is 6.33 Å². The number of benzene rings is 1. The minimum atomic E-state index is 0.272. The molecule has 3 rings (SSSR count). The van der Waals surface area contributed by atoms with E-state index in [9.17, 15) is 3.89 Å². The Morgan fingerprint density at radius 3 is 2.62 bits per heavy atom. The lowest BCUT2D eigenvalue weighted by atomic mass is 10.1. The maximum Gasteiger partial charge on any atom is 0.203 e. The maximum absolute atomic E-state index is 12.0. The van der Waals surface area contributed by atoms with Crippen LogP contribution in [0.2, 0.25) is 0 Å². The number of rotatable bonds is 8. The molecule has 0 saturated carbocycles. The van der Waals surface area contributed by atoms with Gasteiger partial charge in [-0.05, 0) is 5.56 Å². The molecule has 0 aliphatic heterocycles. The van der Waals surface area contributed by atoms with Gasteiger partial charge in [-0.25, -0.2) is 0 Å². The molecule has 0 amide bonds. The molecule has 2 aromatic heterocycles. The monoisotopic (exact) mass is 347 g/mol.